The van der Waals surface area contributed by atoms with Crippen LogP contribution >= 0.6 is 15.9 Å². The molecule has 42 heavy (non-hydrogen) atoms. The van der Waals surface area contributed by atoms with Crippen LogP contribution in [0.1, 0.15) is 12.8 Å². The average molecular weight is 703 g/mol. The van der Waals surface area contributed by atoms with E-state index in [2.05, 4.69) is 21.2 Å². The molecule has 0 radical (unpaired) electrons. The zero-order chi connectivity index (χ0) is 32.9. The minimum atomic E-state index is -1.71. The predicted octanol–water partition coefficient (Wildman–Crippen LogP) is 3.79. The van der Waals surface area contributed by atoms with Gasteiger partial charge < -0.3 is 39.3 Å². The number of allylic oxidation sites excluding steroid dienone is 1. The standard InChI is InChI=1S/C9H19NO2Si.C7H13BrO2Si.C6H11NO2.C4H8O.C2H7N.H2O/c1-10(2)8-6-7-9(11)12-13(3,4)5;1-11(2,3)10-7(9)5-4-6-8;1-7(2)5-3-4-6(8)9;1-2-4-5-3-1;1-3-2;/h6-7H,8H2,1-5H3;4-5H,6H2,1-3H3;3-4H,5H2,1-2H3,(H,8,9);1-4H2;3H,1-2H3;1H2/b7-6+;5-4+;4-3+;;;. The number of likely N-dealkylation sites (N-methyl/N-ethyl adjacent to an activating group) is 2. The van der Waals surface area contributed by atoms with Crippen LogP contribution in [0.3, 0.4) is 0 Å². The molecule has 0 aliphatic carbocycles. The molecule has 0 aromatic carbocycles. The predicted molar refractivity (Wildman–Crippen MR) is 183 cm³/mol. The molecule has 0 aromatic heterocycles. The molecular formula is C28H60BrN3O8Si2. The number of hydrogen-bond acceptors (Lipinski definition) is 9. The van der Waals surface area contributed by atoms with E-state index < -0.39 is 22.6 Å². The number of carbonyl (C=O) groups is 3. The zero-order valence-corrected chi connectivity index (χ0v) is 31.7. The second-order valence-corrected chi connectivity index (χ2v) is 20.6. The van der Waals surface area contributed by atoms with Crippen molar-refractivity contribution in [3.8, 4) is 0 Å². The van der Waals surface area contributed by atoms with E-state index in [1.807, 2.05) is 97.4 Å². The highest BCUT2D eigenvalue weighted by Gasteiger charge is 2.18. The smallest absolute Gasteiger partial charge is 0.328 e. The van der Waals surface area contributed by atoms with Gasteiger partial charge in [-0.05, 0) is 94.4 Å². The second-order valence-electron chi connectivity index (χ2n) is 11.1. The van der Waals surface area contributed by atoms with E-state index in [0.29, 0.717) is 11.9 Å². The Hall–Kier alpha value is -1.66. The topological polar surface area (TPSA) is 149 Å². The van der Waals surface area contributed by atoms with E-state index in [9.17, 15) is 14.4 Å². The molecule has 1 aliphatic rings. The van der Waals surface area contributed by atoms with Gasteiger partial charge in [0.05, 0.1) is 0 Å². The third-order valence-corrected chi connectivity index (χ3v) is 5.44. The monoisotopic (exact) mass is 701 g/mol. The summed E-state index contributed by atoms with van der Waals surface area (Å²) in [5, 5.41) is 11.6. The number of nitrogens with one attached hydrogen (secondary N) is 1. The first kappa shape index (κ1) is 50.0. The first-order chi connectivity index (χ1) is 18.8. The fraction of sp³-hybridized carbons (Fsp3) is 0.679. The maximum absolute atomic E-state index is 11.1. The highest BCUT2D eigenvalue weighted by molar-refractivity contribution is 9.09. The highest BCUT2D eigenvalue weighted by Crippen LogP contribution is 2.03. The highest BCUT2D eigenvalue weighted by atomic mass is 79.9. The van der Waals surface area contributed by atoms with Crippen LogP contribution in [0.5, 0.6) is 0 Å². The minimum absolute atomic E-state index is 0. The van der Waals surface area contributed by atoms with E-state index in [1.165, 1.54) is 25.0 Å². The maximum Gasteiger partial charge on any atom is 0.328 e. The van der Waals surface area contributed by atoms with Crippen molar-refractivity contribution in [3.05, 3.63) is 36.5 Å². The van der Waals surface area contributed by atoms with Gasteiger partial charge in [0.2, 0.25) is 16.6 Å². The number of rotatable bonds is 10. The Kier molecular flexibility index (Phi) is 38.4. The molecule has 1 fully saturated rings. The van der Waals surface area contributed by atoms with Gasteiger partial charge in [-0.25, -0.2) is 14.4 Å². The molecule has 1 aliphatic heterocycles. The minimum Gasteiger partial charge on any atom is -0.517 e. The van der Waals surface area contributed by atoms with Crippen molar-refractivity contribution < 1.29 is 38.6 Å². The number of carbonyl (C=O) groups excluding carboxylic acids is 2. The number of carboxylic acids is 1. The molecule has 0 saturated carbocycles. The number of nitrogens with zero attached hydrogens (tertiary/aromatic N) is 2. The Labute approximate surface area is 266 Å². The van der Waals surface area contributed by atoms with Crippen LogP contribution in [-0.2, 0) is 28.0 Å². The van der Waals surface area contributed by atoms with Crippen molar-refractivity contribution in [2.75, 3.05) is 73.9 Å². The molecule has 14 heteroatoms. The Morgan fingerprint density at radius 3 is 1.36 bits per heavy atom. The number of halogens is 1. The van der Waals surface area contributed by atoms with Gasteiger partial charge in [-0.15, -0.1) is 0 Å². The SMILES string of the molecule is C1CCOC1.CN(C)C/C=C/C(=O)O.CN(C)C/C=C/C(=O)O[Si](C)(C)C.CNC.C[Si](C)(C)OC(=O)/C=C/CBr.O. The van der Waals surface area contributed by atoms with Gasteiger partial charge in [0.1, 0.15) is 0 Å². The second kappa shape index (κ2) is 32.3. The lowest BCUT2D eigenvalue weighted by Crippen LogP contribution is -2.28. The summed E-state index contributed by atoms with van der Waals surface area (Å²) in [4.78, 5) is 35.8. The third kappa shape index (κ3) is 62.1. The van der Waals surface area contributed by atoms with Gasteiger partial charge in [-0.1, -0.05) is 34.2 Å². The van der Waals surface area contributed by atoms with Crippen LogP contribution in [-0.4, -0.2) is 129 Å². The van der Waals surface area contributed by atoms with Gasteiger partial charge in [0.25, 0.3) is 0 Å². The van der Waals surface area contributed by atoms with Crippen LogP contribution < -0.4 is 5.32 Å². The van der Waals surface area contributed by atoms with Crippen molar-refractivity contribution in [1.29, 1.82) is 0 Å². The Morgan fingerprint density at radius 1 is 0.786 bits per heavy atom. The lowest BCUT2D eigenvalue weighted by Gasteiger charge is -2.15. The summed E-state index contributed by atoms with van der Waals surface area (Å²) < 4.78 is 15.3. The van der Waals surface area contributed by atoms with E-state index in [1.54, 1.807) is 12.2 Å². The molecule has 1 rings (SSSR count). The van der Waals surface area contributed by atoms with Gasteiger partial charge in [-0.3, -0.25) is 0 Å². The number of alkyl halides is 1. The molecule has 4 N–H and O–H groups in total. The van der Waals surface area contributed by atoms with Crippen molar-refractivity contribution >= 4 is 50.5 Å². The van der Waals surface area contributed by atoms with E-state index >= 15 is 0 Å². The maximum atomic E-state index is 11.1. The number of aliphatic carboxylic acids is 1. The van der Waals surface area contributed by atoms with Crippen LogP contribution in [0, 0.1) is 0 Å². The summed E-state index contributed by atoms with van der Waals surface area (Å²) in [5.41, 5.74) is 0. The third-order valence-electron chi connectivity index (χ3n) is 3.44. The molecule has 0 bridgehead atoms. The largest absolute Gasteiger partial charge is 0.517 e. The Balaban J connectivity index is -0.000000144. The first-order valence-corrected chi connectivity index (χ1v) is 21.4. The van der Waals surface area contributed by atoms with Gasteiger partial charge in [-0.2, -0.15) is 0 Å². The molecule has 250 valence electrons. The summed E-state index contributed by atoms with van der Waals surface area (Å²) in [6.45, 7) is 15.3. The van der Waals surface area contributed by atoms with E-state index in [-0.39, 0.29) is 17.4 Å². The summed E-state index contributed by atoms with van der Waals surface area (Å²) in [7, 11) is 8.02. The molecule has 0 atom stereocenters. The summed E-state index contributed by atoms with van der Waals surface area (Å²) in [5.74, 6) is -1.35. The Morgan fingerprint density at radius 2 is 1.12 bits per heavy atom. The van der Waals surface area contributed by atoms with Crippen LogP contribution in [0.4, 0.5) is 0 Å². The zero-order valence-electron chi connectivity index (χ0n) is 28.1. The average Bonchev–Trinajstić information content (AvgIpc) is 3.36. The van der Waals surface area contributed by atoms with Crippen LogP contribution in [0.25, 0.3) is 0 Å². The fourth-order valence-corrected chi connectivity index (χ4v) is 3.58. The van der Waals surface area contributed by atoms with Gasteiger partial charge in [0.15, 0.2) is 0 Å². The molecule has 0 aromatic rings. The molecule has 11 nitrogen and oxygen atoms in total. The number of hydrogen-bond donors (Lipinski definition) is 2. The number of ether oxygens (including phenoxy) is 1. The summed E-state index contributed by atoms with van der Waals surface area (Å²) >= 11 is 3.17. The summed E-state index contributed by atoms with van der Waals surface area (Å²) in [6, 6.07) is 0. The quantitative estimate of drug-likeness (QED) is 0.196. The Bertz CT molecular complexity index is 741. The molecule has 0 spiro atoms. The van der Waals surface area contributed by atoms with Crippen LogP contribution in [0.15, 0.2) is 36.5 Å². The normalized spacial score (nSPS) is 12.6. The van der Waals surface area contributed by atoms with Gasteiger partial charge >= 0.3 is 17.9 Å². The lowest BCUT2D eigenvalue weighted by molar-refractivity contribution is -0.132. The van der Waals surface area contributed by atoms with E-state index in [4.69, 9.17) is 18.7 Å². The van der Waals surface area contributed by atoms with Gasteiger partial charge in [0, 0.05) is 49.9 Å². The molecule has 1 saturated heterocycles. The number of carboxylic acid groups (broad SMARTS) is 1. The summed E-state index contributed by atoms with van der Waals surface area (Å²) in [6.07, 6.45) is 11.8. The van der Waals surface area contributed by atoms with E-state index in [0.717, 1.165) is 25.8 Å². The van der Waals surface area contributed by atoms with Crippen molar-refractivity contribution in [2.24, 2.45) is 0 Å². The van der Waals surface area contributed by atoms with Crippen molar-refractivity contribution in [2.45, 2.75) is 52.1 Å². The molecular weight excluding hydrogens is 642 g/mol. The molecule has 1 heterocycles. The molecule has 0 amide bonds. The first-order valence-electron chi connectivity index (χ1n) is 13.5. The molecule has 0 unspecified atom stereocenters. The van der Waals surface area contributed by atoms with Crippen LogP contribution in [0.2, 0.25) is 39.3 Å². The lowest BCUT2D eigenvalue weighted by atomic mass is 10.4. The fourth-order valence-electron chi connectivity index (χ4n) is 2.05. The van der Waals surface area contributed by atoms with Crippen molar-refractivity contribution in [3.63, 3.8) is 0 Å². The van der Waals surface area contributed by atoms with Crippen molar-refractivity contribution in [1.82, 2.24) is 15.1 Å².